The number of rotatable bonds is 7. The first-order chi connectivity index (χ1) is 12.0. The van der Waals surface area contributed by atoms with Gasteiger partial charge in [-0.15, -0.1) is 0 Å². The highest BCUT2D eigenvalue weighted by Crippen LogP contribution is 2.40. The number of hydrogen-bond donors (Lipinski definition) is 0. The third-order valence-corrected chi connectivity index (χ3v) is 4.65. The molecule has 136 valence electrons. The molecule has 2 heterocycles. The molecule has 0 bridgehead atoms. The molecule has 3 rings (SSSR count). The van der Waals surface area contributed by atoms with Gasteiger partial charge in [0, 0.05) is 36.3 Å². The van der Waals surface area contributed by atoms with E-state index < -0.39 is 5.79 Å². The molecule has 25 heavy (non-hydrogen) atoms. The molecule has 0 radical (unpaired) electrons. The maximum atomic E-state index is 6.30. The zero-order valence-corrected chi connectivity index (χ0v) is 15.4. The largest absolute Gasteiger partial charge is 0.497 e. The highest BCUT2D eigenvalue weighted by molar-refractivity contribution is 5.30. The molecule has 2 aromatic rings. The van der Waals surface area contributed by atoms with E-state index in [1.807, 2.05) is 43.0 Å². The van der Waals surface area contributed by atoms with Crippen LogP contribution in [-0.4, -0.2) is 29.9 Å². The first-order valence-corrected chi connectivity index (χ1v) is 8.91. The summed E-state index contributed by atoms with van der Waals surface area (Å²) in [6.07, 6.45) is 8.58. The van der Waals surface area contributed by atoms with Crippen molar-refractivity contribution in [1.29, 1.82) is 0 Å². The Balaban J connectivity index is 1.68. The van der Waals surface area contributed by atoms with Crippen molar-refractivity contribution in [3.8, 4) is 5.75 Å². The summed E-state index contributed by atoms with van der Waals surface area (Å²) < 4.78 is 20.0. The minimum absolute atomic E-state index is 0.0484. The van der Waals surface area contributed by atoms with E-state index in [0.29, 0.717) is 13.2 Å². The number of methoxy groups -OCH3 is 1. The van der Waals surface area contributed by atoms with Crippen LogP contribution >= 0.6 is 0 Å². The molecule has 0 spiro atoms. The molecule has 1 aromatic heterocycles. The first kappa shape index (κ1) is 18.0. The van der Waals surface area contributed by atoms with Gasteiger partial charge in [0.2, 0.25) is 0 Å². The minimum atomic E-state index is -0.656. The number of ether oxygens (including phenoxy) is 3. The molecule has 0 amide bonds. The summed E-state index contributed by atoms with van der Waals surface area (Å²) >= 11 is 0. The Bertz CT molecular complexity index is 640. The summed E-state index contributed by atoms with van der Waals surface area (Å²) in [6.45, 7) is 6.69. The molecule has 5 nitrogen and oxygen atoms in total. The maximum Gasteiger partial charge on any atom is 0.194 e. The van der Waals surface area contributed by atoms with E-state index >= 15 is 0 Å². The summed E-state index contributed by atoms with van der Waals surface area (Å²) in [5, 5.41) is 0. The molecular formula is C20H28N2O3. The van der Waals surface area contributed by atoms with Crippen LogP contribution in [0.2, 0.25) is 0 Å². The van der Waals surface area contributed by atoms with Crippen LogP contribution in [0.15, 0.2) is 43.0 Å². The summed E-state index contributed by atoms with van der Waals surface area (Å²) in [5.74, 6) is 0.187. The normalized spacial score (nSPS) is 18.8. The Morgan fingerprint density at radius 1 is 1.12 bits per heavy atom. The van der Waals surface area contributed by atoms with E-state index in [1.165, 1.54) is 0 Å². The molecular weight excluding hydrogens is 316 g/mol. The van der Waals surface area contributed by atoms with Crippen LogP contribution in [-0.2, 0) is 21.8 Å². The zero-order valence-electron chi connectivity index (χ0n) is 15.4. The third kappa shape index (κ3) is 4.41. The first-order valence-electron chi connectivity index (χ1n) is 8.91. The van der Waals surface area contributed by atoms with Gasteiger partial charge in [0.1, 0.15) is 5.75 Å². The predicted molar refractivity (Wildman–Crippen MR) is 96.4 cm³/mol. The fraction of sp³-hybridized carbons (Fsp3) is 0.550. The Kier molecular flexibility index (Phi) is 5.45. The molecule has 0 unspecified atom stereocenters. The number of imidazole rings is 1. The minimum Gasteiger partial charge on any atom is -0.497 e. The molecule has 0 aliphatic carbocycles. The van der Waals surface area contributed by atoms with Gasteiger partial charge in [-0.1, -0.05) is 13.8 Å². The summed E-state index contributed by atoms with van der Waals surface area (Å²) in [5.41, 5.74) is 1.11. The molecule has 1 aromatic carbocycles. The van der Waals surface area contributed by atoms with Crippen molar-refractivity contribution in [2.75, 3.05) is 20.3 Å². The Hall–Kier alpha value is -1.85. The second-order valence-corrected chi connectivity index (χ2v) is 7.48. The van der Waals surface area contributed by atoms with Crippen LogP contribution in [0.5, 0.6) is 5.75 Å². The number of benzene rings is 1. The summed E-state index contributed by atoms with van der Waals surface area (Å²) in [6, 6.07) is 8.03. The molecule has 5 heteroatoms. The predicted octanol–water partition coefficient (Wildman–Crippen LogP) is 3.99. The number of unbranched alkanes of at least 4 members (excludes halogenated alkanes) is 1. The lowest BCUT2D eigenvalue weighted by Crippen LogP contribution is -2.45. The highest BCUT2D eigenvalue weighted by atomic mass is 16.7. The van der Waals surface area contributed by atoms with Crippen molar-refractivity contribution in [3.05, 3.63) is 48.5 Å². The van der Waals surface area contributed by atoms with Crippen molar-refractivity contribution < 1.29 is 14.2 Å². The van der Waals surface area contributed by atoms with E-state index in [0.717, 1.165) is 37.1 Å². The molecule has 0 N–H and O–H groups in total. The van der Waals surface area contributed by atoms with E-state index in [-0.39, 0.29) is 5.41 Å². The summed E-state index contributed by atoms with van der Waals surface area (Å²) in [7, 11) is 1.68. The van der Waals surface area contributed by atoms with Gasteiger partial charge in [-0.25, -0.2) is 4.98 Å². The smallest absolute Gasteiger partial charge is 0.194 e. The average molecular weight is 344 g/mol. The summed E-state index contributed by atoms with van der Waals surface area (Å²) in [4.78, 5) is 4.09. The van der Waals surface area contributed by atoms with Gasteiger partial charge in [-0.05, 0) is 37.1 Å². The van der Waals surface area contributed by atoms with Gasteiger partial charge in [-0.2, -0.15) is 0 Å². The average Bonchev–Trinajstić information content (AvgIpc) is 3.14. The highest BCUT2D eigenvalue weighted by Gasteiger charge is 2.41. The molecule has 1 aliphatic rings. The maximum absolute atomic E-state index is 6.30. The zero-order chi connectivity index (χ0) is 17.8. The van der Waals surface area contributed by atoms with Gasteiger partial charge in [-0.3, -0.25) is 0 Å². The molecule has 0 saturated carbocycles. The van der Waals surface area contributed by atoms with Crippen LogP contribution in [0, 0.1) is 5.41 Å². The second-order valence-electron chi connectivity index (χ2n) is 7.48. The number of hydrogen-bond acceptors (Lipinski definition) is 4. The molecule has 1 saturated heterocycles. The number of aryl methyl sites for hydroxylation is 1. The van der Waals surface area contributed by atoms with Gasteiger partial charge in [0.15, 0.2) is 5.79 Å². The quantitative estimate of drug-likeness (QED) is 0.713. The van der Waals surface area contributed by atoms with Crippen molar-refractivity contribution >= 4 is 0 Å². The van der Waals surface area contributed by atoms with Crippen LogP contribution < -0.4 is 4.74 Å². The van der Waals surface area contributed by atoms with Gasteiger partial charge in [0.05, 0.1) is 26.7 Å². The SMILES string of the molecule is COc1ccc(C2(CCCCn3ccnc3)OCC(C)(C)CO2)cc1. The van der Waals surface area contributed by atoms with Crippen LogP contribution in [0.1, 0.15) is 38.7 Å². The molecule has 1 aliphatic heterocycles. The fourth-order valence-electron chi connectivity index (χ4n) is 3.08. The van der Waals surface area contributed by atoms with Crippen molar-refractivity contribution in [2.24, 2.45) is 5.41 Å². The lowest BCUT2D eigenvalue weighted by atomic mass is 9.91. The van der Waals surface area contributed by atoms with Crippen LogP contribution in [0.3, 0.4) is 0 Å². The number of nitrogens with zero attached hydrogens (tertiary/aromatic N) is 2. The van der Waals surface area contributed by atoms with Crippen molar-refractivity contribution in [3.63, 3.8) is 0 Å². The van der Waals surface area contributed by atoms with Crippen LogP contribution in [0.4, 0.5) is 0 Å². The Morgan fingerprint density at radius 3 is 2.44 bits per heavy atom. The lowest BCUT2D eigenvalue weighted by Gasteiger charge is -2.44. The van der Waals surface area contributed by atoms with Gasteiger partial charge >= 0.3 is 0 Å². The van der Waals surface area contributed by atoms with Crippen LogP contribution in [0.25, 0.3) is 0 Å². The van der Waals surface area contributed by atoms with E-state index in [1.54, 1.807) is 7.11 Å². The van der Waals surface area contributed by atoms with Crippen molar-refractivity contribution in [1.82, 2.24) is 9.55 Å². The standard InChI is InChI=1S/C20H28N2O3/c1-19(2)14-24-20(25-15-19,17-6-8-18(23-3)9-7-17)10-4-5-12-22-13-11-21-16-22/h6-9,11,13,16H,4-5,10,12,14-15H2,1-3H3. The second kappa shape index (κ2) is 7.58. The monoisotopic (exact) mass is 344 g/mol. The molecule has 0 atom stereocenters. The van der Waals surface area contributed by atoms with E-state index in [9.17, 15) is 0 Å². The number of aromatic nitrogens is 2. The van der Waals surface area contributed by atoms with Gasteiger partial charge in [0.25, 0.3) is 0 Å². The fourth-order valence-corrected chi connectivity index (χ4v) is 3.08. The van der Waals surface area contributed by atoms with Gasteiger partial charge < -0.3 is 18.8 Å². The molecule has 1 fully saturated rings. The van der Waals surface area contributed by atoms with E-state index in [2.05, 4.69) is 23.4 Å². The lowest BCUT2D eigenvalue weighted by molar-refractivity contribution is -0.311. The Labute approximate surface area is 149 Å². The Morgan fingerprint density at radius 2 is 1.84 bits per heavy atom. The van der Waals surface area contributed by atoms with Crippen molar-refractivity contribution in [2.45, 2.75) is 45.4 Å². The topological polar surface area (TPSA) is 45.5 Å². The third-order valence-electron chi connectivity index (χ3n) is 4.65. The van der Waals surface area contributed by atoms with E-state index in [4.69, 9.17) is 14.2 Å².